The normalized spacial score (nSPS) is 15.5. The highest BCUT2D eigenvalue weighted by Gasteiger charge is 2.19. The fourth-order valence-electron chi connectivity index (χ4n) is 3.47. The molecule has 0 aromatic carbocycles. The van der Waals surface area contributed by atoms with Crippen LogP contribution >= 0.6 is 0 Å². The van der Waals surface area contributed by atoms with Crippen molar-refractivity contribution in [3.8, 4) is 0 Å². The zero-order valence-electron chi connectivity index (χ0n) is 14.2. The maximum Gasteiger partial charge on any atom is 0.150 e. The van der Waals surface area contributed by atoms with E-state index < -0.39 is 0 Å². The molecule has 3 heterocycles. The third-order valence-corrected chi connectivity index (χ3v) is 4.86. The molecule has 7 heteroatoms. The maximum atomic E-state index is 6.07. The van der Waals surface area contributed by atoms with Gasteiger partial charge in [0.25, 0.3) is 0 Å². The van der Waals surface area contributed by atoms with Crippen LogP contribution in [0.25, 0.3) is 5.65 Å². The van der Waals surface area contributed by atoms with Crippen LogP contribution < -0.4 is 16.5 Å². The largest absolute Gasteiger partial charge is 0.384 e. The number of rotatable bonds is 4. The Balaban J connectivity index is 1.64. The number of nitrogens with two attached hydrogens (primary N) is 1. The van der Waals surface area contributed by atoms with E-state index in [4.69, 9.17) is 18.6 Å². The zero-order chi connectivity index (χ0) is 17.2. The fourth-order valence-corrected chi connectivity index (χ4v) is 3.47. The quantitative estimate of drug-likeness (QED) is 0.716. The molecule has 3 aromatic heterocycles. The third-order valence-electron chi connectivity index (χ3n) is 4.86. The van der Waals surface area contributed by atoms with Gasteiger partial charge >= 0.3 is 0 Å². The van der Waals surface area contributed by atoms with Crippen LogP contribution in [0, 0.1) is 0 Å². The molecule has 0 amide bonds. The molecule has 3 aromatic rings. The van der Waals surface area contributed by atoms with Crippen LogP contribution in [-0.2, 0) is 6.54 Å². The van der Waals surface area contributed by atoms with Gasteiger partial charge in [0.15, 0.2) is 0 Å². The first-order chi connectivity index (χ1) is 12.2. The van der Waals surface area contributed by atoms with Crippen LogP contribution in [0.3, 0.4) is 0 Å². The summed E-state index contributed by atoms with van der Waals surface area (Å²) in [6, 6.07) is 5.88. The van der Waals surface area contributed by atoms with Gasteiger partial charge in [0.2, 0.25) is 0 Å². The SMILES string of the molecule is [B]c1cnn2c(NCc3ccc(N)nc3)cc(C3CCCCC3)nc12. The average Bonchev–Trinajstić information content (AvgIpc) is 3.03. The monoisotopic (exact) mass is 332 g/mol. The Labute approximate surface area is 148 Å². The average molecular weight is 332 g/mol. The van der Waals surface area contributed by atoms with Crippen molar-refractivity contribution in [2.75, 3.05) is 11.1 Å². The summed E-state index contributed by atoms with van der Waals surface area (Å²) in [5.41, 5.74) is 9.14. The summed E-state index contributed by atoms with van der Waals surface area (Å²) in [6.07, 6.45) is 9.68. The minimum Gasteiger partial charge on any atom is -0.384 e. The van der Waals surface area contributed by atoms with E-state index in [2.05, 4.69) is 21.5 Å². The van der Waals surface area contributed by atoms with Crippen LogP contribution in [0.15, 0.2) is 30.6 Å². The number of pyridine rings is 1. The van der Waals surface area contributed by atoms with Crippen LogP contribution in [-0.4, -0.2) is 27.4 Å². The third kappa shape index (κ3) is 3.31. The van der Waals surface area contributed by atoms with Crippen LogP contribution in [0.1, 0.15) is 49.3 Å². The number of aromatic nitrogens is 4. The molecule has 0 unspecified atom stereocenters. The minimum absolute atomic E-state index is 0.506. The van der Waals surface area contributed by atoms with Gasteiger partial charge in [-0.05, 0) is 29.9 Å². The Bertz CT molecular complexity index is 867. The van der Waals surface area contributed by atoms with Gasteiger partial charge in [-0.3, -0.25) is 0 Å². The van der Waals surface area contributed by atoms with Crippen molar-refractivity contribution >= 4 is 30.6 Å². The molecule has 1 fully saturated rings. The molecule has 1 saturated carbocycles. The van der Waals surface area contributed by atoms with Gasteiger partial charge in [0.1, 0.15) is 25.1 Å². The molecule has 0 aliphatic heterocycles. The summed E-state index contributed by atoms with van der Waals surface area (Å²) < 4.78 is 1.77. The summed E-state index contributed by atoms with van der Waals surface area (Å²) in [5, 5.41) is 7.80. The molecule has 25 heavy (non-hydrogen) atoms. The van der Waals surface area contributed by atoms with E-state index in [1.807, 2.05) is 6.07 Å². The Morgan fingerprint density at radius 3 is 2.80 bits per heavy atom. The Kier molecular flexibility index (Phi) is 4.30. The number of hydrogen-bond donors (Lipinski definition) is 2. The van der Waals surface area contributed by atoms with E-state index in [0.29, 0.717) is 23.7 Å². The molecule has 6 nitrogen and oxygen atoms in total. The smallest absolute Gasteiger partial charge is 0.150 e. The van der Waals surface area contributed by atoms with E-state index in [9.17, 15) is 0 Å². The minimum atomic E-state index is 0.506. The molecule has 2 radical (unpaired) electrons. The first-order valence-electron chi connectivity index (χ1n) is 8.79. The van der Waals surface area contributed by atoms with E-state index in [1.165, 1.54) is 32.1 Å². The lowest BCUT2D eigenvalue weighted by Gasteiger charge is -2.22. The van der Waals surface area contributed by atoms with Crippen molar-refractivity contribution in [2.45, 2.75) is 44.6 Å². The number of fused-ring (bicyclic) bond motifs is 1. The number of anilines is 2. The lowest BCUT2D eigenvalue weighted by Crippen LogP contribution is -2.13. The number of nitrogens with one attached hydrogen (secondary N) is 1. The number of nitrogens with zero attached hydrogens (tertiary/aromatic N) is 4. The van der Waals surface area contributed by atoms with E-state index in [0.717, 1.165) is 22.7 Å². The molecule has 0 bridgehead atoms. The molecule has 0 atom stereocenters. The second-order valence-electron chi connectivity index (χ2n) is 6.68. The van der Waals surface area contributed by atoms with Gasteiger partial charge in [-0.25, -0.2) is 9.97 Å². The first-order valence-corrected chi connectivity index (χ1v) is 8.79. The fraction of sp³-hybridized carbons (Fsp3) is 0.389. The van der Waals surface area contributed by atoms with Crippen molar-refractivity contribution in [1.82, 2.24) is 19.6 Å². The van der Waals surface area contributed by atoms with E-state index >= 15 is 0 Å². The van der Waals surface area contributed by atoms with Gasteiger partial charge in [-0.1, -0.05) is 25.3 Å². The van der Waals surface area contributed by atoms with Crippen molar-refractivity contribution in [1.29, 1.82) is 0 Å². The van der Waals surface area contributed by atoms with Gasteiger partial charge in [-0.15, -0.1) is 0 Å². The van der Waals surface area contributed by atoms with Gasteiger partial charge < -0.3 is 11.1 Å². The first kappa shape index (κ1) is 15.9. The predicted molar refractivity (Wildman–Crippen MR) is 100 cm³/mol. The molecule has 1 aliphatic carbocycles. The zero-order valence-corrected chi connectivity index (χ0v) is 14.2. The van der Waals surface area contributed by atoms with Crippen molar-refractivity contribution in [3.63, 3.8) is 0 Å². The van der Waals surface area contributed by atoms with Crippen LogP contribution in [0.5, 0.6) is 0 Å². The molecular formula is C18H21BN6. The number of hydrogen-bond acceptors (Lipinski definition) is 5. The predicted octanol–water partition coefficient (Wildman–Crippen LogP) is 2.16. The van der Waals surface area contributed by atoms with Gasteiger partial charge in [0.05, 0.1) is 0 Å². The van der Waals surface area contributed by atoms with E-state index in [1.54, 1.807) is 23.0 Å². The van der Waals surface area contributed by atoms with Gasteiger partial charge in [-0.2, -0.15) is 9.61 Å². The molecule has 0 spiro atoms. The Morgan fingerprint density at radius 1 is 1.20 bits per heavy atom. The summed E-state index contributed by atoms with van der Waals surface area (Å²) in [7, 11) is 6.07. The lowest BCUT2D eigenvalue weighted by molar-refractivity contribution is 0.437. The molecule has 3 N–H and O–H groups in total. The highest BCUT2D eigenvalue weighted by molar-refractivity contribution is 6.36. The summed E-state index contributed by atoms with van der Waals surface area (Å²) in [5.74, 6) is 1.93. The Hall–Kier alpha value is -2.57. The molecular weight excluding hydrogens is 311 g/mol. The second-order valence-corrected chi connectivity index (χ2v) is 6.68. The highest BCUT2D eigenvalue weighted by Crippen LogP contribution is 2.32. The maximum absolute atomic E-state index is 6.07. The van der Waals surface area contributed by atoms with Crippen molar-refractivity contribution in [3.05, 3.63) is 41.9 Å². The number of nitrogen functional groups attached to an aromatic ring is 1. The highest BCUT2D eigenvalue weighted by atomic mass is 15.3. The molecule has 0 saturated heterocycles. The topological polar surface area (TPSA) is 81.1 Å². The van der Waals surface area contributed by atoms with Gasteiger partial charge in [0, 0.05) is 36.6 Å². The van der Waals surface area contributed by atoms with Crippen LogP contribution in [0.2, 0.25) is 0 Å². The summed E-state index contributed by atoms with van der Waals surface area (Å²) in [6.45, 7) is 0.635. The van der Waals surface area contributed by atoms with E-state index in [-0.39, 0.29) is 0 Å². The lowest BCUT2D eigenvalue weighted by atomic mass is 9.86. The molecule has 126 valence electrons. The Morgan fingerprint density at radius 2 is 2.04 bits per heavy atom. The van der Waals surface area contributed by atoms with Crippen molar-refractivity contribution < 1.29 is 0 Å². The van der Waals surface area contributed by atoms with Crippen LogP contribution in [0.4, 0.5) is 11.6 Å². The standard InChI is InChI=1S/C18H21BN6/c19-14-11-23-25-17(22-10-12-6-7-16(20)21-9-12)8-15(24-18(14)25)13-4-2-1-3-5-13/h6-9,11,13,22H,1-5,10H2,(H2,20,21). The summed E-state index contributed by atoms with van der Waals surface area (Å²) in [4.78, 5) is 8.92. The second kappa shape index (κ2) is 6.74. The summed E-state index contributed by atoms with van der Waals surface area (Å²) >= 11 is 0. The molecule has 4 rings (SSSR count). The molecule has 1 aliphatic rings. The van der Waals surface area contributed by atoms with Crippen molar-refractivity contribution in [2.24, 2.45) is 0 Å².